The summed E-state index contributed by atoms with van der Waals surface area (Å²) in [6, 6.07) is 4.76. The molecule has 0 bridgehead atoms. The fraction of sp³-hybridized carbons (Fsp3) is 0.417. The summed E-state index contributed by atoms with van der Waals surface area (Å²) in [6.45, 7) is 3.70. The largest absolute Gasteiger partial charge is 0.469 e. The Kier molecular flexibility index (Phi) is 3.83. The predicted octanol–water partition coefficient (Wildman–Crippen LogP) is 2.80. The number of hydrogen-bond donors (Lipinski definition) is 0. The number of rotatable bonds is 3. The zero-order valence-corrected chi connectivity index (χ0v) is 9.21. The first kappa shape index (κ1) is 11.7. The van der Waals surface area contributed by atoms with Gasteiger partial charge in [0, 0.05) is 5.56 Å². The minimum absolute atomic E-state index is 0.349. The Balaban J connectivity index is 3.11. The minimum atomic E-state index is -0.505. The molecule has 82 valence electrons. The van der Waals surface area contributed by atoms with Crippen molar-refractivity contribution in [2.24, 2.45) is 0 Å². The number of halogens is 1. The predicted molar refractivity (Wildman–Crippen MR) is 56.2 cm³/mol. The Labute approximate surface area is 89.1 Å². The summed E-state index contributed by atoms with van der Waals surface area (Å²) >= 11 is 0. The van der Waals surface area contributed by atoms with Crippen LogP contribution in [0.25, 0.3) is 0 Å². The molecular formula is C12H15FO2. The van der Waals surface area contributed by atoms with E-state index in [2.05, 4.69) is 4.74 Å². The minimum Gasteiger partial charge on any atom is -0.469 e. The molecule has 3 heteroatoms. The lowest BCUT2D eigenvalue weighted by molar-refractivity contribution is -0.142. The molecule has 1 rings (SSSR count). The number of methoxy groups -OCH3 is 1. The van der Waals surface area contributed by atoms with Crippen molar-refractivity contribution in [1.29, 1.82) is 0 Å². The molecule has 0 aliphatic heterocycles. The Hall–Kier alpha value is -1.38. The van der Waals surface area contributed by atoms with E-state index in [4.69, 9.17) is 0 Å². The van der Waals surface area contributed by atoms with Crippen molar-refractivity contribution < 1.29 is 13.9 Å². The molecule has 0 radical (unpaired) electrons. The molecule has 0 N–H and O–H groups in total. The van der Waals surface area contributed by atoms with Crippen molar-refractivity contribution in [3.8, 4) is 0 Å². The van der Waals surface area contributed by atoms with Crippen LogP contribution >= 0.6 is 0 Å². The van der Waals surface area contributed by atoms with Crippen LogP contribution in [0.5, 0.6) is 0 Å². The number of hydrogen-bond acceptors (Lipinski definition) is 2. The number of carbonyl (C=O) groups is 1. The lowest BCUT2D eigenvalue weighted by Crippen LogP contribution is -2.15. The molecule has 0 aliphatic carbocycles. The van der Waals surface area contributed by atoms with E-state index in [1.165, 1.54) is 13.2 Å². The summed E-state index contributed by atoms with van der Waals surface area (Å²) < 4.78 is 18.1. The van der Waals surface area contributed by atoms with Gasteiger partial charge in [-0.15, -0.1) is 0 Å². The zero-order valence-electron chi connectivity index (χ0n) is 9.21. The molecule has 1 atom stereocenters. The Bertz CT molecular complexity index is 361. The maximum absolute atomic E-state index is 13.5. The van der Waals surface area contributed by atoms with Crippen LogP contribution in [0.1, 0.15) is 30.4 Å². The van der Waals surface area contributed by atoms with E-state index < -0.39 is 5.92 Å². The van der Waals surface area contributed by atoms with Crippen molar-refractivity contribution in [2.45, 2.75) is 26.2 Å². The third kappa shape index (κ3) is 2.55. The molecule has 0 saturated heterocycles. The molecule has 0 fully saturated rings. The van der Waals surface area contributed by atoms with Gasteiger partial charge in [-0.3, -0.25) is 4.79 Å². The summed E-state index contributed by atoms with van der Waals surface area (Å²) in [6.07, 6.45) is 0.535. The third-order valence-corrected chi connectivity index (χ3v) is 2.42. The monoisotopic (exact) mass is 210 g/mol. The van der Waals surface area contributed by atoms with E-state index in [1.807, 2.05) is 13.8 Å². The standard InChI is InChI=1S/C12H15FO2/c1-4-9(12(14)15-3)10-7-8(2)5-6-11(10)13/h5-7,9H,4H2,1-3H3. The van der Waals surface area contributed by atoms with Gasteiger partial charge in [0.05, 0.1) is 13.0 Å². The maximum Gasteiger partial charge on any atom is 0.313 e. The topological polar surface area (TPSA) is 26.3 Å². The average molecular weight is 210 g/mol. The summed E-state index contributed by atoms with van der Waals surface area (Å²) in [5.74, 6) is -1.24. The second-order valence-electron chi connectivity index (χ2n) is 3.51. The molecule has 0 aliphatic rings. The number of aryl methyl sites for hydroxylation is 1. The van der Waals surface area contributed by atoms with Crippen LogP contribution in [-0.2, 0) is 9.53 Å². The molecule has 2 nitrogen and oxygen atoms in total. The SMILES string of the molecule is CCC(C(=O)OC)c1cc(C)ccc1F. The van der Waals surface area contributed by atoms with E-state index in [-0.39, 0.29) is 11.8 Å². The lowest BCUT2D eigenvalue weighted by atomic mass is 9.95. The van der Waals surface area contributed by atoms with Gasteiger partial charge in [-0.1, -0.05) is 24.6 Å². The average Bonchev–Trinajstić information content (AvgIpc) is 2.23. The van der Waals surface area contributed by atoms with Crippen LogP contribution in [0.2, 0.25) is 0 Å². The quantitative estimate of drug-likeness (QED) is 0.717. The zero-order chi connectivity index (χ0) is 11.4. The fourth-order valence-electron chi connectivity index (χ4n) is 1.59. The van der Waals surface area contributed by atoms with Gasteiger partial charge in [0.2, 0.25) is 0 Å². The van der Waals surface area contributed by atoms with E-state index in [9.17, 15) is 9.18 Å². The highest BCUT2D eigenvalue weighted by Crippen LogP contribution is 2.24. The van der Waals surface area contributed by atoms with Crippen LogP contribution in [-0.4, -0.2) is 13.1 Å². The molecule has 1 aromatic rings. The van der Waals surface area contributed by atoms with Crippen molar-refractivity contribution >= 4 is 5.97 Å². The normalized spacial score (nSPS) is 12.3. The fourth-order valence-corrected chi connectivity index (χ4v) is 1.59. The van der Waals surface area contributed by atoms with Crippen molar-refractivity contribution in [2.75, 3.05) is 7.11 Å². The van der Waals surface area contributed by atoms with Gasteiger partial charge < -0.3 is 4.74 Å². The second-order valence-corrected chi connectivity index (χ2v) is 3.51. The molecule has 15 heavy (non-hydrogen) atoms. The molecule has 0 heterocycles. The van der Waals surface area contributed by atoms with E-state index >= 15 is 0 Å². The molecule has 0 saturated carbocycles. The Morgan fingerprint density at radius 1 is 1.53 bits per heavy atom. The van der Waals surface area contributed by atoms with Gasteiger partial charge in [-0.25, -0.2) is 4.39 Å². The lowest BCUT2D eigenvalue weighted by Gasteiger charge is -2.14. The number of benzene rings is 1. The first-order chi connectivity index (χ1) is 7.10. The number of carbonyl (C=O) groups excluding carboxylic acids is 1. The smallest absolute Gasteiger partial charge is 0.313 e. The van der Waals surface area contributed by atoms with Crippen LogP contribution in [0.4, 0.5) is 4.39 Å². The number of esters is 1. The maximum atomic E-state index is 13.5. The van der Waals surface area contributed by atoms with Gasteiger partial charge in [0.15, 0.2) is 0 Å². The van der Waals surface area contributed by atoms with Crippen molar-refractivity contribution in [3.63, 3.8) is 0 Å². The highest BCUT2D eigenvalue weighted by Gasteiger charge is 2.22. The van der Waals surface area contributed by atoms with Gasteiger partial charge in [0.1, 0.15) is 5.82 Å². The second kappa shape index (κ2) is 4.91. The molecular weight excluding hydrogens is 195 g/mol. The summed E-state index contributed by atoms with van der Waals surface area (Å²) in [5.41, 5.74) is 1.36. The molecule has 0 aromatic heterocycles. The Morgan fingerprint density at radius 2 is 2.20 bits per heavy atom. The molecule has 0 amide bonds. The van der Waals surface area contributed by atoms with Gasteiger partial charge in [0.25, 0.3) is 0 Å². The Morgan fingerprint density at radius 3 is 2.73 bits per heavy atom. The molecule has 1 unspecified atom stereocenters. The molecule has 1 aromatic carbocycles. The van der Waals surface area contributed by atoms with E-state index in [0.29, 0.717) is 12.0 Å². The van der Waals surface area contributed by atoms with Crippen molar-refractivity contribution in [1.82, 2.24) is 0 Å². The van der Waals surface area contributed by atoms with Gasteiger partial charge in [-0.05, 0) is 19.4 Å². The summed E-state index contributed by atoms with van der Waals surface area (Å²) in [7, 11) is 1.32. The van der Waals surface area contributed by atoms with E-state index in [1.54, 1.807) is 12.1 Å². The van der Waals surface area contributed by atoms with E-state index in [0.717, 1.165) is 5.56 Å². The first-order valence-corrected chi connectivity index (χ1v) is 4.94. The summed E-state index contributed by atoms with van der Waals surface area (Å²) in [5, 5.41) is 0. The third-order valence-electron chi connectivity index (χ3n) is 2.42. The summed E-state index contributed by atoms with van der Waals surface area (Å²) in [4.78, 5) is 11.4. The van der Waals surface area contributed by atoms with Gasteiger partial charge in [-0.2, -0.15) is 0 Å². The highest BCUT2D eigenvalue weighted by atomic mass is 19.1. The highest BCUT2D eigenvalue weighted by molar-refractivity contribution is 5.78. The molecule has 0 spiro atoms. The van der Waals surface area contributed by atoms with Crippen LogP contribution in [0, 0.1) is 12.7 Å². The van der Waals surface area contributed by atoms with Crippen LogP contribution in [0.3, 0.4) is 0 Å². The van der Waals surface area contributed by atoms with Crippen molar-refractivity contribution in [3.05, 3.63) is 35.1 Å². The van der Waals surface area contributed by atoms with Crippen LogP contribution < -0.4 is 0 Å². The number of ether oxygens (including phenoxy) is 1. The van der Waals surface area contributed by atoms with Crippen LogP contribution in [0.15, 0.2) is 18.2 Å². The first-order valence-electron chi connectivity index (χ1n) is 4.94. The van der Waals surface area contributed by atoms with Gasteiger partial charge >= 0.3 is 5.97 Å².